The first-order chi connectivity index (χ1) is 13.0. The molecule has 0 bridgehead atoms. The van der Waals surface area contributed by atoms with E-state index in [9.17, 15) is 9.59 Å². The molecule has 3 aromatic rings. The molecule has 0 radical (unpaired) electrons. The molecule has 138 valence electrons. The van der Waals surface area contributed by atoms with Crippen LogP contribution < -0.4 is 4.74 Å². The van der Waals surface area contributed by atoms with Gasteiger partial charge in [-0.15, -0.1) is 0 Å². The molecular formula is C21H19NO5. The summed E-state index contributed by atoms with van der Waals surface area (Å²) in [7, 11) is 2.83. The lowest BCUT2D eigenvalue weighted by molar-refractivity contribution is 0.0455. The summed E-state index contributed by atoms with van der Waals surface area (Å²) in [6, 6.07) is 14.1. The Balaban J connectivity index is 1.93. The Morgan fingerprint density at radius 1 is 1.00 bits per heavy atom. The zero-order chi connectivity index (χ0) is 19.4. The predicted molar refractivity (Wildman–Crippen MR) is 99.9 cm³/mol. The summed E-state index contributed by atoms with van der Waals surface area (Å²) in [5.74, 6) is -0.491. The Labute approximate surface area is 156 Å². The van der Waals surface area contributed by atoms with Crippen molar-refractivity contribution in [3.63, 3.8) is 0 Å². The summed E-state index contributed by atoms with van der Waals surface area (Å²) >= 11 is 0. The van der Waals surface area contributed by atoms with Crippen molar-refractivity contribution in [2.24, 2.45) is 0 Å². The van der Waals surface area contributed by atoms with Gasteiger partial charge in [0.05, 0.1) is 36.6 Å². The minimum Gasteiger partial charge on any atom is -0.497 e. The molecule has 0 aliphatic heterocycles. The van der Waals surface area contributed by atoms with Gasteiger partial charge in [-0.1, -0.05) is 24.3 Å². The Bertz CT molecular complexity index is 1010. The number of hydrogen-bond donors (Lipinski definition) is 0. The van der Waals surface area contributed by atoms with E-state index in [1.54, 1.807) is 24.3 Å². The minimum atomic E-state index is -0.530. The summed E-state index contributed by atoms with van der Waals surface area (Å²) in [6.45, 7) is 1.68. The van der Waals surface area contributed by atoms with Crippen LogP contribution in [-0.2, 0) is 16.1 Å². The highest BCUT2D eigenvalue weighted by atomic mass is 16.5. The Kier molecular flexibility index (Phi) is 5.35. The molecule has 0 atom stereocenters. The number of benzene rings is 2. The van der Waals surface area contributed by atoms with Gasteiger partial charge in [0.25, 0.3) is 0 Å². The van der Waals surface area contributed by atoms with Gasteiger partial charge < -0.3 is 14.2 Å². The maximum atomic E-state index is 12.4. The van der Waals surface area contributed by atoms with Gasteiger partial charge in [0.15, 0.2) is 0 Å². The molecule has 3 rings (SSSR count). The lowest BCUT2D eigenvalue weighted by Gasteiger charge is -2.13. The quantitative estimate of drug-likeness (QED) is 0.642. The number of fused-ring (bicyclic) bond motifs is 1. The molecule has 0 N–H and O–H groups in total. The molecule has 0 saturated heterocycles. The number of carbonyl (C=O) groups excluding carboxylic acids is 2. The fraction of sp³-hybridized carbons (Fsp3) is 0.190. The van der Waals surface area contributed by atoms with E-state index in [0.29, 0.717) is 22.6 Å². The number of aryl methyl sites for hydroxylation is 1. The number of hydrogen-bond acceptors (Lipinski definition) is 6. The molecule has 0 saturated carbocycles. The van der Waals surface area contributed by atoms with Crippen molar-refractivity contribution in [1.29, 1.82) is 0 Å². The number of carbonyl (C=O) groups is 2. The van der Waals surface area contributed by atoms with Gasteiger partial charge in [-0.05, 0) is 36.8 Å². The molecule has 0 amide bonds. The number of para-hydroxylation sites is 1. The van der Waals surface area contributed by atoms with E-state index < -0.39 is 11.9 Å². The number of methoxy groups -OCH3 is 2. The van der Waals surface area contributed by atoms with Crippen LogP contribution in [0.5, 0.6) is 5.75 Å². The standard InChI is InChI=1S/C21H19NO5/c1-13-16-9-4-5-10-17(16)22-18(19(13)21(24)26-3)12-27-20(23)14-7-6-8-15(11-14)25-2/h4-11H,12H2,1-3H3. The number of esters is 2. The molecule has 0 aliphatic carbocycles. The van der Waals surface area contributed by atoms with Crippen molar-refractivity contribution in [3.8, 4) is 5.75 Å². The molecule has 0 aliphatic rings. The minimum absolute atomic E-state index is 0.147. The van der Waals surface area contributed by atoms with Crippen molar-refractivity contribution in [3.05, 3.63) is 70.9 Å². The van der Waals surface area contributed by atoms with Crippen molar-refractivity contribution in [2.75, 3.05) is 14.2 Å². The molecule has 6 nitrogen and oxygen atoms in total. The topological polar surface area (TPSA) is 74.7 Å². The number of pyridine rings is 1. The van der Waals surface area contributed by atoms with Crippen LogP contribution in [0.4, 0.5) is 0 Å². The SMILES string of the molecule is COC(=O)c1c(COC(=O)c2cccc(OC)c2)nc2ccccc2c1C. The van der Waals surface area contributed by atoms with E-state index in [1.165, 1.54) is 14.2 Å². The average Bonchev–Trinajstić information content (AvgIpc) is 2.71. The van der Waals surface area contributed by atoms with E-state index in [2.05, 4.69) is 4.98 Å². The van der Waals surface area contributed by atoms with E-state index in [-0.39, 0.29) is 6.61 Å². The van der Waals surface area contributed by atoms with Crippen molar-refractivity contribution < 1.29 is 23.8 Å². The third-order valence-corrected chi connectivity index (χ3v) is 4.26. The summed E-state index contributed by atoms with van der Waals surface area (Å²) in [5.41, 5.74) is 2.48. The second-order valence-corrected chi connectivity index (χ2v) is 5.88. The lowest BCUT2D eigenvalue weighted by atomic mass is 10.0. The maximum Gasteiger partial charge on any atom is 0.340 e. The van der Waals surface area contributed by atoms with Crippen LogP contribution in [0.2, 0.25) is 0 Å². The van der Waals surface area contributed by atoms with Crippen LogP contribution in [0, 0.1) is 6.92 Å². The first kappa shape index (κ1) is 18.4. The Hall–Kier alpha value is -3.41. The summed E-state index contributed by atoms with van der Waals surface area (Å²) < 4.78 is 15.4. The van der Waals surface area contributed by atoms with Gasteiger partial charge in [-0.2, -0.15) is 0 Å². The Morgan fingerprint density at radius 3 is 2.52 bits per heavy atom. The number of nitrogens with zero attached hydrogens (tertiary/aromatic N) is 1. The molecule has 6 heteroatoms. The van der Waals surface area contributed by atoms with Crippen LogP contribution in [0.15, 0.2) is 48.5 Å². The zero-order valence-corrected chi connectivity index (χ0v) is 15.3. The maximum absolute atomic E-state index is 12.4. The molecule has 1 aromatic heterocycles. The van der Waals surface area contributed by atoms with Gasteiger partial charge in [0.2, 0.25) is 0 Å². The van der Waals surface area contributed by atoms with Gasteiger partial charge in [0, 0.05) is 5.39 Å². The van der Waals surface area contributed by atoms with Crippen molar-refractivity contribution in [2.45, 2.75) is 13.5 Å². The molecule has 0 unspecified atom stereocenters. The first-order valence-electron chi connectivity index (χ1n) is 8.33. The summed E-state index contributed by atoms with van der Waals surface area (Å²) in [5, 5.41) is 0.848. The van der Waals surface area contributed by atoms with Gasteiger partial charge in [0.1, 0.15) is 12.4 Å². The number of ether oxygens (including phenoxy) is 3. The number of aromatic nitrogens is 1. The van der Waals surface area contributed by atoms with Crippen LogP contribution in [-0.4, -0.2) is 31.1 Å². The van der Waals surface area contributed by atoms with Crippen LogP contribution in [0.3, 0.4) is 0 Å². The predicted octanol–water partition coefficient (Wildman–Crippen LogP) is 3.70. The van der Waals surface area contributed by atoms with Crippen LogP contribution in [0.1, 0.15) is 32.0 Å². The van der Waals surface area contributed by atoms with Gasteiger partial charge in [-0.25, -0.2) is 14.6 Å². The monoisotopic (exact) mass is 365 g/mol. The summed E-state index contributed by atoms with van der Waals surface area (Å²) in [4.78, 5) is 29.1. The highest BCUT2D eigenvalue weighted by Crippen LogP contribution is 2.24. The lowest BCUT2D eigenvalue weighted by Crippen LogP contribution is -2.14. The molecule has 0 spiro atoms. The largest absolute Gasteiger partial charge is 0.497 e. The molecule has 1 heterocycles. The van der Waals surface area contributed by atoms with Crippen LogP contribution >= 0.6 is 0 Å². The van der Waals surface area contributed by atoms with E-state index >= 15 is 0 Å². The fourth-order valence-electron chi connectivity index (χ4n) is 2.89. The Morgan fingerprint density at radius 2 is 1.78 bits per heavy atom. The molecule has 2 aromatic carbocycles. The normalized spacial score (nSPS) is 10.5. The second-order valence-electron chi connectivity index (χ2n) is 5.88. The summed E-state index contributed by atoms with van der Waals surface area (Å²) in [6.07, 6.45) is 0. The highest BCUT2D eigenvalue weighted by molar-refractivity contribution is 5.98. The average molecular weight is 365 g/mol. The van der Waals surface area contributed by atoms with Gasteiger partial charge >= 0.3 is 11.9 Å². The third-order valence-electron chi connectivity index (χ3n) is 4.26. The number of rotatable bonds is 5. The van der Waals surface area contributed by atoms with Crippen molar-refractivity contribution >= 4 is 22.8 Å². The highest BCUT2D eigenvalue weighted by Gasteiger charge is 2.20. The van der Waals surface area contributed by atoms with Crippen molar-refractivity contribution in [1.82, 2.24) is 4.98 Å². The first-order valence-corrected chi connectivity index (χ1v) is 8.33. The van der Waals surface area contributed by atoms with E-state index in [1.807, 2.05) is 31.2 Å². The second kappa shape index (κ2) is 7.86. The smallest absolute Gasteiger partial charge is 0.340 e. The fourth-order valence-corrected chi connectivity index (χ4v) is 2.89. The van der Waals surface area contributed by atoms with Gasteiger partial charge in [-0.3, -0.25) is 0 Å². The molecular weight excluding hydrogens is 346 g/mol. The molecule has 0 fully saturated rings. The van der Waals surface area contributed by atoms with Crippen LogP contribution in [0.25, 0.3) is 10.9 Å². The van der Waals surface area contributed by atoms with E-state index in [0.717, 1.165) is 16.5 Å². The zero-order valence-electron chi connectivity index (χ0n) is 15.3. The molecule has 27 heavy (non-hydrogen) atoms. The third kappa shape index (κ3) is 3.74. The van der Waals surface area contributed by atoms with E-state index in [4.69, 9.17) is 14.2 Å².